The highest BCUT2D eigenvalue weighted by atomic mass is 19.1. The van der Waals surface area contributed by atoms with E-state index in [-0.39, 0.29) is 17.6 Å². The minimum absolute atomic E-state index is 0.0553. The monoisotopic (exact) mass is 324 g/mol. The molecule has 0 bridgehead atoms. The number of halogens is 1. The highest BCUT2D eigenvalue weighted by Gasteiger charge is 2.17. The Labute approximate surface area is 137 Å². The number of nitrogens with one attached hydrogen (secondary N) is 1. The maximum atomic E-state index is 13.8. The predicted molar refractivity (Wildman–Crippen MR) is 89.1 cm³/mol. The first-order chi connectivity index (χ1) is 11.5. The van der Waals surface area contributed by atoms with Crippen molar-refractivity contribution < 1.29 is 19.2 Å². The first-order valence-electron chi connectivity index (χ1n) is 7.31. The number of amides is 1. The van der Waals surface area contributed by atoms with E-state index in [4.69, 9.17) is 10.0 Å². The second-order valence-corrected chi connectivity index (χ2v) is 5.35. The summed E-state index contributed by atoms with van der Waals surface area (Å²) >= 11 is 0. The fraction of sp³-hybridized carbons (Fsp3) is 0.0588. The van der Waals surface area contributed by atoms with Crippen molar-refractivity contribution in [1.29, 1.82) is 0 Å². The molecule has 0 radical (unpaired) electrons. The molecule has 0 aliphatic carbocycles. The molecular weight excluding hydrogens is 310 g/mol. The van der Waals surface area contributed by atoms with Crippen molar-refractivity contribution in [3.8, 4) is 0 Å². The first-order valence-corrected chi connectivity index (χ1v) is 7.31. The lowest BCUT2D eigenvalue weighted by atomic mass is 9.79. The highest BCUT2D eigenvalue weighted by Crippen LogP contribution is 2.14. The van der Waals surface area contributed by atoms with Gasteiger partial charge in [0.2, 0.25) is 0 Å². The molecule has 0 saturated carbocycles. The molecule has 7 heteroatoms. The van der Waals surface area contributed by atoms with E-state index >= 15 is 0 Å². The van der Waals surface area contributed by atoms with Crippen molar-refractivity contribution in [3.63, 3.8) is 0 Å². The number of carbonyl (C=O) groups excluding carboxylic acids is 1. The van der Waals surface area contributed by atoms with Crippen molar-refractivity contribution >= 4 is 29.3 Å². The summed E-state index contributed by atoms with van der Waals surface area (Å²) in [5.41, 5.74) is 0.686. The van der Waals surface area contributed by atoms with E-state index < -0.39 is 18.8 Å². The standard InChI is InChI=1S/C17H14BFN2O3/c19-16-4-3-14(18(23)24)8-15(16)17(22)21-9-11-1-2-13-10-20-6-5-12(13)7-11/h1-8,10,23-24H,9H2,(H,21,22). The largest absolute Gasteiger partial charge is 0.488 e. The fourth-order valence-corrected chi connectivity index (χ4v) is 2.40. The lowest BCUT2D eigenvalue weighted by Crippen LogP contribution is -2.32. The van der Waals surface area contributed by atoms with E-state index in [1.54, 1.807) is 12.4 Å². The molecule has 0 fully saturated rings. The molecule has 1 amide bonds. The van der Waals surface area contributed by atoms with Gasteiger partial charge >= 0.3 is 7.12 Å². The van der Waals surface area contributed by atoms with Crippen LogP contribution in [0.15, 0.2) is 54.9 Å². The van der Waals surface area contributed by atoms with Crippen molar-refractivity contribution in [2.45, 2.75) is 6.54 Å². The Morgan fingerprint density at radius 2 is 1.96 bits per heavy atom. The van der Waals surface area contributed by atoms with Gasteiger partial charge in [0.15, 0.2) is 0 Å². The number of rotatable bonds is 4. The summed E-state index contributed by atoms with van der Waals surface area (Å²) in [4.78, 5) is 16.2. The summed E-state index contributed by atoms with van der Waals surface area (Å²) in [5.74, 6) is -1.34. The number of pyridine rings is 1. The van der Waals surface area contributed by atoms with Crippen molar-refractivity contribution in [2.24, 2.45) is 0 Å². The maximum absolute atomic E-state index is 13.8. The quantitative estimate of drug-likeness (QED) is 0.625. The van der Waals surface area contributed by atoms with Gasteiger partial charge in [0.05, 0.1) is 5.56 Å². The van der Waals surface area contributed by atoms with E-state index in [0.717, 1.165) is 28.5 Å². The van der Waals surface area contributed by atoms with Gasteiger partial charge in [-0.2, -0.15) is 0 Å². The van der Waals surface area contributed by atoms with Crippen LogP contribution in [0.2, 0.25) is 0 Å². The van der Waals surface area contributed by atoms with Crippen LogP contribution in [-0.4, -0.2) is 28.1 Å². The van der Waals surface area contributed by atoms with Crippen LogP contribution in [0, 0.1) is 5.82 Å². The van der Waals surface area contributed by atoms with Crippen LogP contribution in [0.3, 0.4) is 0 Å². The Morgan fingerprint density at radius 1 is 1.12 bits per heavy atom. The molecule has 3 rings (SSSR count). The van der Waals surface area contributed by atoms with Crippen LogP contribution in [0.1, 0.15) is 15.9 Å². The lowest BCUT2D eigenvalue weighted by Gasteiger charge is -2.09. The molecule has 2 aromatic carbocycles. The van der Waals surface area contributed by atoms with E-state index in [9.17, 15) is 9.18 Å². The van der Waals surface area contributed by atoms with Gasteiger partial charge in [-0.05, 0) is 40.7 Å². The van der Waals surface area contributed by atoms with Gasteiger partial charge < -0.3 is 15.4 Å². The molecule has 0 spiro atoms. The second-order valence-electron chi connectivity index (χ2n) is 5.35. The van der Waals surface area contributed by atoms with E-state index in [0.29, 0.717) is 0 Å². The Bertz CT molecular complexity index is 902. The third kappa shape index (κ3) is 3.42. The van der Waals surface area contributed by atoms with E-state index in [2.05, 4.69) is 10.3 Å². The number of carbonyl (C=O) groups is 1. The molecule has 120 valence electrons. The normalized spacial score (nSPS) is 10.6. The van der Waals surface area contributed by atoms with Gasteiger partial charge in [0, 0.05) is 24.3 Å². The van der Waals surface area contributed by atoms with Gasteiger partial charge in [0.1, 0.15) is 5.82 Å². The molecule has 0 atom stereocenters. The van der Waals surface area contributed by atoms with Gasteiger partial charge in [-0.15, -0.1) is 0 Å². The Morgan fingerprint density at radius 3 is 2.75 bits per heavy atom. The maximum Gasteiger partial charge on any atom is 0.488 e. The number of aromatic nitrogens is 1. The molecular formula is C17H14BFN2O3. The zero-order chi connectivity index (χ0) is 17.1. The Kier molecular flexibility index (Phi) is 4.55. The molecule has 5 nitrogen and oxygen atoms in total. The smallest absolute Gasteiger partial charge is 0.423 e. The number of fused-ring (bicyclic) bond motifs is 1. The Hall–Kier alpha value is -2.77. The number of hydrogen-bond donors (Lipinski definition) is 3. The van der Waals surface area contributed by atoms with Gasteiger partial charge in [0.25, 0.3) is 5.91 Å². The summed E-state index contributed by atoms with van der Waals surface area (Å²) in [6, 6.07) is 10.9. The van der Waals surface area contributed by atoms with Gasteiger partial charge in [-0.1, -0.05) is 18.2 Å². The third-order valence-electron chi connectivity index (χ3n) is 3.69. The van der Waals surface area contributed by atoms with Crippen molar-refractivity contribution in [2.75, 3.05) is 0 Å². The van der Waals surface area contributed by atoms with Crippen LogP contribution in [0.5, 0.6) is 0 Å². The lowest BCUT2D eigenvalue weighted by molar-refractivity contribution is 0.0947. The molecule has 3 N–H and O–H groups in total. The van der Waals surface area contributed by atoms with Crippen LogP contribution in [0.4, 0.5) is 4.39 Å². The molecule has 3 aromatic rings. The summed E-state index contributed by atoms with van der Waals surface area (Å²) in [5, 5.41) is 22.9. The molecule has 1 heterocycles. The van der Waals surface area contributed by atoms with Gasteiger partial charge in [-0.25, -0.2) is 4.39 Å². The predicted octanol–water partition coefficient (Wildman–Crippen LogP) is 0.984. The van der Waals surface area contributed by atoms with Crippen LogP contribution >= 0.6 is 0 Å². The summed E-state index contributed by atoms with van der Waals surface area (Å²) in [6.45, 7) is 0.225. The summed E-state index contributed by atoms with van der Waals surface area (Å²) < 4.78 is 13.8. The van der Waals surface area contributed by atoms with Crippen LogP contribution in [0.25, 0.3) is 10.8 Å². The third-order valence-corrected chi connectivity index (χ3v) is 3.69. The second kappa shape index (κ2) is 6.78. The van der Waals surface area contributed by atoms with Crippen molar-refractivity contribution in [3.05, 3.63) is 71.8 Å². The van der Waals surface area contributed by atoms with Crippen molar-refractivity contribution in [1.82, 2.24) is 10.3 Å². The number of hydrogen-bond acceptors (Lipinski definition) is 4. The minimum atomic E-state index is -1.76. The number of nitrogens with zero attached hydrogens (tertiary/aromatic N) is 1. The average Bonchev–Trinajstić information content (AvgIpc) is 2.59. The summed E-state index contributed by atoms with van der Waals surface area (Å²) in [6.07, 6.45) is 3.44. The topological polar surface area (TPSA) is 82.5 Å². The Balaban J connectivity index is 1.76. The summed E-state index contributed by atoms with van der Waals surface area (Å²) in [7, 11) is -1.76. The van der Waals surface area contributed by atoms with Crippen LogP contribution < -0.4 is 10.8 Å². The SMILES string of the molecule is O=C(NCc1ccc2cnccc2c1)c1cc(B(O)O)ccc1F. The minimum Gasteiger partial charge on any atom is -0.423 e. The molecule has 24 heavy (non-hydrogen) atoms. The zero-order valence-corrected chi connectivity index (χ0v) is 12.6. The highest BCUT2D eigenvalue weighted by molar-refractivity contribution is 6.58. The molecule has 0 saturated heterocycles. The fourth-order valence-electron chi connectivity index (χ4n) is 2.40. The number of benzene rings is 2. The molecule has 1 aromatic heterocycles. The molecule has 0 unspecified atom stereocenters. The average molecular weight is 324 g/mol. The van der Waals surface area contributed by atoms with Gasteiger partial charge in [-0.3, -0.25) is 9.78 Å². The van der Waals surface area contributed by atoms with E-state index in [1.807, 2.05) is 24.3 Å². The van der Waals surface area contributed by atoms with E-state index in [1.165, 1.54) is 6.07 Å². The van der Waals surface area contributed by atoms with Crippen LogP contribution in [-0.2, 0) is 6.54 Å². The molecule has 0 aliphatic rings. The molecule has 0 aliphatic heterocycles. The first kappa shape index (κ1) is 16.1. The zero-order valence-electron chi connectivity index (χ0n) is 12.6.